The molecule has 1 aromatic carbocycles. The SMILES string of the molecule is CCNCc1ccc(Br)c(Cl)c1. The van der Waals surface area contributed by atoms with E-state index in [-0.39, 0.29) is 0 Å². The maximum Gasteiger partial charge on any atom is 0.0551 e. The maximum absolute atomic E-state index is 5.92. The predicted molar refractivity (Wildman–Crippen MR) is 56.5 cm³/mol. The topological polar surface area (TPSA) is 12.0 Å². The van der Waals surface area contributed by atoms with E-state index in [4.69, 9.17) is 11.6 Å². The van der Waals surface area contributed by atoms with Gasteiger partial charge in [-0.1, -0.05) is 24.6 Å². The Morgan fingerprint density at radius 3 is 2.83 bits per heavy atom. The molecule has 0 saturated carbocycles. The van der Waals surface area contributed by atoms with Crippen molar-refractivity contribution in [3.05, 3.63) is 33.3 Å². The molecule has 3 heteroatoms. The fourth-order valence-corrected chi connectivity index (χ4v) is 1.37. The van der Waals surface area contributed by atoms with Crippen molar-refractivity contribution >= 4 is 27.5 Å². The first-order chi connectivity index (χ1) is 5.74. The van der Waals surface area contributed by atoms with Gasteiger partial charge in [-0.15, -0.1) is 0 Å². The highest BCUT2D eigenvalue weighted by Gasteiger charge is 1.97. The van der Waals surface area contributed by atoms with Crippen LogP contribution in [0, 0.1) is 0 Å². The molecule has 0 bridgehead atoms. The van der Waals surface area contributed by atoms with Gasteiger partial charge in [-0.3, -0.25) is 0 Å². The van der Waals surface area contributed by atoms with Crippen molar-refractivity contribution in [2.24, 2.45) is 0 Å². The lowest BCUT2D eigenvalue weighted by Gasteiger charge is -2.03. The summed E-state index contributed by atoms with van der Waals surface area (Å²) in [5.41, 5.74) is 1.21. The van der Waals surface area contributed by atoms with Crippen molar-refractivity contribution in [1.29, 1.82) is 0 Å². The number of halogens is 2. The van der Waals surface area contributed by atoms with Gasteiger partial charge in [0, 0.05) is 11.0 Å². The number of benzene rings is 1. The largest absolute Gasteiger partial charge is 0.313 e. The first kappa shape index (κ1) is 10.0. The number of nitrogens with one attached hydrogen (secondary N) is 1. The monoisotopic (exact) mass is 247 g/mol. The summed E-state index contributed by atoms with van der Waals surface area (Å²) in [5, 5.41) is 4.01. The van der Waals surface area contributed by atoms with Gasteiger partial charge in [0.15, 0.2) is 0 Å². The minimum absolute atomic E-state index is 0.769. The normalized spacial score (nSPS) is 10.2. The highest BCUT2D eigenvalue weighted by Crippen LogP contribution is 2.22. The van der Waals surface area contributed by atoms with Crippen molar-refractivity contribution in [2.45, 2.75) is 13.5 Å². The Morgan fingerprint density at radius 1 is 1.50 bits per heavy atom. The summed E-state index contributed by atoms with van der Waals surface area (Å²) in [7, 11) is 0. The molecule has 0 aliphatic carbocycles. The van der Waals surface area contributed by atoms with Crippen LogP contribution in [0.15, 0.2) is 22.7 Å². The van der Waals surface area contributed by atoms with Crippen LogP contribution >= 0.6 is 27.5 Å². The minimum atomic E-state index is 0.769. The van der Waals surface area contributed by atoms with Crippen LogP contribution in [-0.2, 0) is 6.54 Å². The van der Waals surface area contributed by atoms with E-state index < -0.39 is 0 Å². The van der Waals surface area contributed by atoms with Gasteiger partial charge in [-0.2, -0.15) is 0 Å². The van der Waals surface area contributed by atoms with Crippen LogP contribution < -0.4 is 5.32 Å². The molecule has 1 N–H and O–H groups in total. The van der Waals surface area contributed by atoms with E-state index in [2.05, 4.69) is 34.2 Å². The fraction of sp³-hybridized carbons (Fsp3) is 0.333. The van der Waals surface area contributed by atoms with E-state index >= 15 is 0 Å². The zero-order valence-electron chi connectivity index (χ0n) is 6.90. The van der Waals surface area contributed by atoms with E-state index in [0.29, 0.717) is 0 Å². The highest BCUT2D eigenvalue weighted by molar-refractivity contribution is 9.10. The third kappa shape index (κ3) is 2.77. The lowest BCUT2D eigenvalue weighted by atomic mass is 10.2. The van der Waals surface area contributed by atoms with E-state index in [1.807, 2.05) is 12.1 Å². The molecule has 1 aromatic rings. The first-order valence-corrected chi connectivity index (χ1v) is 5.05. The molecule has 12 heavy (non-hydrogen) atoms. The third-order valence-electron chi connectivity index (χ3n) is 1.56. The van der Waals surface area contributed by atoms with Crippen molar-refractivity contribution in [2.75, 3.05) is 6.54 Å². The molecule has 0 fully saturated rings. The lowest BCUT2D eigenvalue weighted by molar-refractivity contribution is 0.727. The molecular formula is C9H11BrClN. The summed E-state index contributed by atoms with van der Waals surface area (Å²) in [4.78, 5) is 0. The van der Waals surface area contributed by atoms with Gasteiger partial charge in [0.05, 0.1) is 5.02 Å². The van der Waals surface area contributed by atoms with Crippen LogP contribution in [0.5, 0.6) is 0 Å². The van der Waals surface area contributed by atoms with Crippen molar-refractivity contribution in [3.8, 4) is 0 Å². The molecule has 1 rings (SSSR count). The van der Waals surface area contributed by atoms with Gasteiger partial charge in [-0.05, 0) is 40.2 Å². The zero-order chi connectivity index (χ0) is 8.97. The Bertz CT molecular complexity index is 263. The average molecular weight is 249 g/mol. The Balaban J connectivity index is 2.69. The van der Waals surface area contributed by atoms with Gasteiger partial charge in [-0.25, -0.2) is 0 Å². The summed E-state index contributed by atoms with van der Waals surface area (Å²) >= 11 is 9.26. The standard InChI is InChI=1S/C9H11BrClN/c1-2-12-6-7-3-4-8(10)9(11)5-7/h3-5,12H,2,6H2,1H3. The smallest absolute Gasteiger partial charge is 0.0551 e. The Labute approximate surface area is 86.2 Å². The quantitative estimate of drug-likeness (QED) is 0.866. The Hall–Kier alpha value is -0.0500. The molecule has 1 nitrogen and oxygen atoms in total. The van der Waals surface area contributed by atoms with Crippen LogP contribution in [0.4, 0.5) is 0 Å². The number of rotatable bonds is 3. The van der Waals surface area contributed by atoms with E-state index in [1.165, 1.54) is 5.56 Å². The molecule has 0 aromatic heterocycles. The zero-order valence-corrected chi connectivity index (χ0v) is 9.24. The van der Waals surface area contributed by atoms with Crippen molar-refractivity contribution < 1.29 is 0 Å². The van der Waals surface area contributed by atoms with Gasteiger partial charge >= 0.3 is 0 Å². The van der Waals surface area contributed by atoms with Gasteiger partial charge in [0.2, 0.25) is 0 Å². The summed E-state index contributed by atoms with van der Waals surface area (Å²) in [6, 6.07) is 5.99. The van der Waals surface area contributed by atoms with E-state index in [1.54, 1.807) is 0 Å². The van der Waals surface area contributed by atoms with Crippen molar-refractivity contribution in [3.63, 3.8) is 0 Å². The van der Waals surface area contributed by atoms with E-state index in [9.17, 15) is 0 Å². The summed E-state index contributed by atoms with van der Waals surface area (Å²) < 4.78 is 0.949. The predicted octanol–water partition coefficient (Wildman–Crippen LogP) is 3.21. The first-order valence-electron chi connectivity index (χ1n) is 3.88. The molecule has 66 valence electrons. The average Bonchev–Trinajstić information content (AvgIpc) is 2.07. The summed E-state index contributed by atoms with van der Waals surface area (Å²) in [6.45, 7) is 3.94. The third-order valence-corrected chi connectivity index (χ3v) is 2.80. The van der Waals surface area contributed by atoms with Gasteiger partial charge in [0.1, 0.15) is 0 Å². The molecule has 0 unspecified atom stereocenters. The molecule has 0 spiro atoms. The Kier molecular flexibility index (Phi) is 4.06. The molecule has 0 aliphatic heterocycles. The molecule has 0 atom stereocenters. The molecule has 0 saturated heterocycles. The second-order valence-corrected chi connectivity index (χ2v) is 3.79. The second kappa shape index (κ2) is 4.85. The Morgan fingerprint density at radius 2 is 2.25 bits per heavy atom. The minimum Gasteiger partial charge on any atom is -0.313 e. The van der Waals surface area contributed by atoms with Crippen LogP contribution in [0.2, 0.25) is 5.02 Å². The molecule has 0 heterocycles. The number of hydrogen-bond donors (Lipinski definition) is 1. The summed E-state index contributed by atoms with van der Waals surface area (Å²) in [6.07, 6.45) is 0. The van der Waals surface area contributed by atoms with Crippen LogP contribution in [0.3, 0.4) is 0 Å². The maximum atomic E-state index is 5.92. The van der Waals surface area contributed by atoms with E-state index in [0.717, 1.165) is 22.6 Å². The summed E-state index contributed by atoms with van der Waals surface area (Å²) in [5.74, 6) is 0. The molecular weight excluding hydrogens is 237 g/mol. The molecule has 0 radical (unpaired) electrons. The molecule has 0 aliphatic rings. The van der Waals surface area contributed by atoms with Crippen LogP contribution in [-0.4, -0.2) is 6.54 Å². The lowest BCUT2D eigenvalue weighted by Crippen LogP contribution is -2.11. The van der Waals surface area contributed by atoms with Crippen LogP contribution in [0.1, 0.15) is 12.5 Å². The number of hydrogen-bond acceptors (Lipinski definition) is 1. The highest BCUT2D eigenvalue weighted by atomic mass is 79.9. The van der Waals surface area contributed by atoms with Gasteiger partial charge < -0.3 is 5.32 Å². The van der Waals surface area contributed by atoms with Crippen molar-refractivity contribution in [1.82, 2.24) is 5.32 Å². The molecule has 0 amide bonds. The van der Waals surface area contributed by atoms with Gasteiger partial charge in [0.25, 0.3) is 0 Å². The fourth-order valence-electron chi connectivity index (χ4n) is 0.919. The van der Waals surface area contributed by atoms with Crippen LogP contribution in [0.25, 0.3) is 0 Å². The second-order valence-electron chi connectivity index (χ2n) is 2.53.